The molecule has 20 heavy (non-hydrogen) atoms. The molecule has 0 aromatic heterocycles. The number of nitrogens with one attached hydrogen (secondary N) is 1. The van der Waals surface area contributed by atoms with Gasteiger partial charge in [0.05, 0.1) is 0 Å². The van der Waals surface area contributed by atoms with Crippen LogP contribution in [0.25, 0.3) is 10.8 Å². The van der Waals surface area contributed by atoms with E-state index in [-0.39, 0.29) is 0 Å². The van der Waals surface area contributed by atoms with E-state index in [1.165, 1.54) is 27.2 Å². The number of carbonyl (C=O) groups is 1. The lowest BCUT2D eigenvalue weighted by molar-refractivity contribution is -0.124. The fourth-order valence-electron chi connectivity index (χ4n) is 1.72. The largest absolute Gasteiger partial charge is 0.288 e. The lowest BCUT2D eigenvalue weighted by Gasteiger charge is -2.01. The van der Waals surface area contributed by atoms with Gasteiger partial charge in [0.2, 0.25) is 0 Å². The first-order chi connectivity index (χ1) is 9.79. The first-order valence-corrected chi connectivity index (χ1v) is 7.17. The molecule has 0 aliphatic carbocycles. The van der Waals surface area contributed by atoms with Gasteiger partial charge in [0.25, 0.3) is 5.91 Å². The van der Waals surface area contributed by atoms with Crippen molar-refractivity contribution >= 4 is 28.4 Å². The number of hydrogen-bond donors (Lipinski definition) is 2. The molecule has 2 rings (SSSR count). The van der Waals surface area contributed by atoms with E-state index < -0.39 is 5.91 Å². The molecule has 2 N–H and O–H groups in total. The van der Waals surface area contributed by atoms with Crippen molar-refractivity contribution in [1.29, 1.82) is 0 Å². The molecule has 0 fully saturated rings. The van der Waals surface area contributed by atoms with E-state index >= 15 is 0 Å². The van der Waals surface area contributed by atoms with Crippen LogP contribution in [0.5, 0.6) is 0 Å². The molecule has 0 spiro atoms. The standard InChI is InChI=1S/C16H15NO2S/c18-16(17-19)8-2-1-5-11-20-15-10-9-13-6-3-4-7-14(13)12-15/h1-10,12,19H,11H2,(H,17,18)/b5-1+,8-2+. The van der Waals surface area contributed by atoms with Crippen LogP contribution in [0.1, 0.15) is 0 Å². The molecular weight excluding hydrogens is 270 g/mol. The second-order valence-electron chi connectivity index (χ2n) is 4.08. The normalized spacial score (nSPS) is 11.4. The highest BCUT2D eigenvalue weighted by Crippen LogP contribution is 2.23. The Morgan fingerprint density at radius 1 is 1.15 bits per heavy atom. The molecule has 0 saturated heterocycles. The molecular formula is C16H15NO2S. The van der Waals surface area contributed by atoms with Crippen LogP contribution in [0.3, 0.4) is 0 Å². The van der Waals surface area contributed by atoms with Gasteiger partial charge in [-0.25, -0.2) is 5.48 Å². The van der Waals surface area contributed by atoms with Crippen LogP contribution in [0.4, 0.5) is 0 Å². The van der Waals surface area contributed by atoms with Crippen molar-refractivity contribution in [1.82, 2.24) is 5.48 Å². The molecule has 102 valence electrons. The third-order valence-electron chi connectivity index (χ3n) is 2.67. The molecule has 0 aliphatic heterocycles. The van der Waals surface area contributed by atoms with Crippen molar-refractivity contribution in [2.24, 2.45) is 0 Å². The smallest absolute Gasteiger partial charge is 0.267 e. The summed E-state index contributed by atoms with van der Waals surface area (Å²) in [6.07, 6.45) is 6.59. The van der Waals surface area contributed by atoms with Gasteiger partial charge in [-0.15, -0.1) is 11.8 Å². The molecule has 4 heteroatoms. The van der Waals surface area contributed by atoms with Gasteiger partial charge in [0.1, 0.15) is 0 Å². The molecule has 0 saturated carbocycles. The number of carbonyl (C=O) groups excluding carboxylic acids is 1. The van der Waals surface area contributed by atoms with Crippen LogP contribution in [0, 0.1) is 0 Å². The highest BCUT2D eigenvalue weighted by Gasteiger charge is 1.95. The van der Waals surface area contributed by atoms with Gasteiger partial charge in [-0.1, -0.05) is 48.6 Å². The van der Waals surface area contributed by atoms with Crippen LogP contribution in [-0.4, -0.2) is 16.9 Å². The highest BCUT2D eigenvalue weighted by molar-refractivity contribution is 7.99. The second kappa shape index (κ2) is 7.53. The number of hydrogen-bond acceptors (Lipinski definition) is 3. The Bertz CT molecular complexity index is 650. The minimum Gasteiger partial charge on any atom is -0.288 e. The first-order valence-electron chi connectivity index (χ1n) is 6.18. The van der Waals surface area contributed by atoms with Crippen molar-refractivity contribution in [3.8, 4) is 0 Å². The summed E-state index contributed by atoms with van der Waals surface area (Å²) in [6.45, 7) is 0. The van der Waals surface area contributed by atoms with Crippen molar-refractivity contribution in [3.63, 3.8) is 0 Å². The highest BCUT2D eigenvalue weighted by atomic mass is 32.2. The van der Waals surface area contributed by atoms with Gasteiger partial charge in [-0.3, -0.25) is 10.0 Å². The predicted octanol–water partition coefficient (Wildman–Crippen LogP) is 3.55. The molecule has 2 aromatic carbocycles. The monoisotopic (exact) mass is 285 g/mol. The average molecular weight is 285 g/mol. The summed E-state index contributed by atoms with van der Waals surface area (Å²) in [6, 6.07) is 14.7. The van der Waals surface area contributed by atoms with E-state index in [0.717, 1.165) is 5.75 Å². The second-order valence-corrected chi connectivity index (χ2v) is 5.18. The quantitative estimate of drug-likeness (QED) is 0.290. The summed E-state index contributed by atoms with van der Waals surface area (Å²) in [5.41, 5.74) is 1.53. The molecule has 3 nitrogen and oxygen atoms in total. The van der Waals surface area contributed by atoms with E-state index in [1.807, 2.05) is 18.2 Å². The predicted molar refractivity (Wildman–Crippen MR) is 82.9 cm³/mol. The van der Waals surface area contributed by atoms with E-state index in [0.29, 0.717) is 0 Å². The van der Waals surface area contributed by atoms with Gasteiger partial charge in [0.15, 0.2) is 0 Å². The lowest BCUT2D eigenvalue weighted by Crippen LogP contribution is -2.14. The van der Waals surface area contributed by atoms with Gasteiger partial charge < -0.3 is 0 Å². The van der Waals surface area contributed by atoms with Crippen LogP contribution < -0.4 is 5.48 Å². The van der Waals surface area contributed by atoms with E-state index in [1.54, 1.807) is 23.9 Å². The maximum absolute atomic E-state index is 10.7. The van der Waals surface area contributed by atoms with Gasteiger partial charge in [0, 0.05) is 16.7 Å². The number of hydroxylamine groups is 1. The van der Waals surface area contributed by atoms with Crippen molar-refractivity contribution in [2.45, 2.75) is 4.90 Å². The number of benzene rings is 2. The summed E-state index contributed by atoms with van der Waals surface area (Å²) in [5, 5.41) is 10.8. The maximum Gasteiger partial charge on any atom is 0.267 e. The summed E-state index contributed by atoms with van der Waals surface area (Å²) < 4.78 is 0. The molecule has 0 aliphatic rings. The number of amides is 1. The minimum absolute atomic E-state index is 0.531. The van der Waals surface area contributed by atoms with Gasteiger partial charge in [-0.05, 0) is 22.9 Å². The fourth-order valence-corrected chi connectivity index (χ4v) is 2.49. The van der Waals surface area contributed by atoms with Crippen molar-refractivity contribution in [2.75, 3.05) is 5.75 Å². The van der Waals surface area contributed by atoms with Gasteiger partial charge in [-0.2, -0.15) is 0 Å². The van der Waals surface area contributed by atoms with Crippen molar-refractivity contribution < 1.29 is 10.0 Å². The van der Waals surface area contributed by atoms with Crippen LogP contribution in [0.15, 0.2) is 71.7 Å². The molecule has 0 atom stereocenters. The third kappa shape index (κ3) is 4.26. The maximum atomic E-state index is 10.7. The molecule has 0 radical (unpaired) electrons. The Labute approximate surface area is 122 Å². The Morgan fingerprint density at radius 2 is 1.95 bits per heavy atom. The zero-order valence-electron chi connectivity index (χ0n) is 10.8. The third-order valence-corrected chi connectivity index (χ3v) is 3.62. The first kappa shape index (κ1) is 14.4. The zero-order chi connectivity index (χ0) is 14.2. The van der Waals surface area contributed by atoms with Crippen LogP contribution >= 0.6 is 11.8 Å². The topological polar surface area (TPSA) is 49.3 Å². The van der Waals surface area contributed by atoms with Crippen molar-refractivity contribution in [3.05, 3.63) is 66.8 Å². The summed E-state index contributed by atoms with van der Waals surface area (Å²) in [4.78, 5) is 11.9. The van der Waals surface area contributed by atoms with Crippen LogP contribution in [-0.2, 0) is 4.79 Å². The summed E-state index contributed by atoms with van der Waals surface area (Å²) in [7, 11) is 0. The molecule has 0 heterocycles. The lowest BCUT2D eigenvalue weighted by atomic mass is 10.1. The number of fused-ring (bicyclic) bond motifs is 1. The molecule has 0 unspecified atom stereocenters. The van der Waals surface area contributed by atoms with Gasteiger partial charge >= 0.3 is 0 Å². The Morgan fingerprint density at radius 3 is 2.75 bits per heavy atom. The summed E-state index contributed by atoms with van der Waals surface area (Å²) in [5.74, 6) is 0.292. The average Bonchev–Trinajstić information content (AvgIpc) is 2.50. The van der Waals surface area contributed by atoms with E-state index in [2.05, 4.69) is 30.3 Å². The Balaban J connectivity index is 1.88. The number of allylic oxidation sites excluding steroid dienone is 2. The van der Waals surface area contributed by atoms with Crippen LogP contribution in [0.2, 0.25) is 0 Å². The molecule has 1 amide bonds. The Kier molecular flexibility index (Phi) is 5.41. The molecule has 2 aromatic rings. The SMILES string of the molecule is O=C(/C=C/C=C/CSc1ccc2ccccc2c1)NO. The van der Waals surface area contributed by atoms with E-state index in [4.69, 9.17) is 5.21 Å². The summed E-state index contributed by atoms with van der Waals surface area (Å²) >= 11 is 1.73. The minimum atomic E-state index is -0.531. The fraction of sp³-hybridized carbons (Fsp3) is 0.0625. The number of rotatable bonds is 5. The molecule has 0 bridgehead atoms. The zero-order valence-corrected chi connectivity index (χ0v) is 11.6. The number of thioether (sulfide) groups is 1. The van der Waals surface area contributed by atoms with E-state index in [9.17, 15) is 4.79 Å². The Hall–Kier alpha value is -2.04.